The van der Waals surface area contributed by atoms with E-state index in [-0.39, 0.29) is 18.5 Å². The zero-order valence-corrected chi connectivity index (χ0v) is 55.5. The summed E-state index contributed by atoms with van der Waals surface area (Å²) in [5, 5.41) is 23.3. The highest BCUT2D eigenvalue weighted by Crippen LogP contribution is 2.19. The SMILES string of the molecule is CCCCCCCC/C=C\CCCCCCCCCC(=O)OCCCCCCCCCCCCCC/C=C\CCCCCCCCCCCCCCC(=O)NC(CO)C(O)/C=C/CCCCCCCCCCCCCCCCCCCC. The van der Waals surface area contributed by atoms with Gasteiger partial charge in [0.25, 0.3) is 0 Å². The molecular formula is C76H145NO5. The van der Waals surface area contributed by atoms with Gasteiger partial charge in [0.2, 0.25) is 5.91 Å². The molecule has 0 aromatic heterocycles. The van der Waals surface area contributed by atoms with Gasteiger partial charge in [-0.15, -0.1) is 0 Å². The van der Waals surface area contributed by atoms with Gasteiger partial charge in [0.1, 0.15) is 0 Å². The Balaban J connectivity index is 3.39. The van der Waals surface area contributed by atoms with Crippen molar-refractivity contribution in [2.45, 2.75) is 424 Å². The summed E-state index contributed by atoms with van der Waals surface area (Å²) in [6.07, 6.45) is 92.4. The number of rotatable bonds is 70. The lowest BCUT2D eigenvalue weighted by Gasteiger charge is -2.20. The molecule has 484 valence electrons. The van der Waals surface area contributed by atoms with Crippen LogP contribution in [0.5, 0.6) is 0 Å². The molecule has 0 rings (SSSR count). The van der Waals surface area contributed by atoms with Crippen LogP contribution in [0.3, 0.4) is 0 Å². The number of carbonyl (C=O) groups is 2. The van der Waals surface area contributed by atoms with Crippen LogP contribution >= 0.6 is 0 Å². The predicted molar refractivity (Wildman–Crippen MR) is 361 cm³/mol. The lowest BCUT2D eigenvalue weighted by molar-refractivity contribution is -0.143. The highest BCUT2D eigenvalue weighted by molar-refractivity contribution is 5.76. The topological polar surface area (TPSA) is 95.9 Å². The van der Waals surface area contributed by atoms with Gasteiger partial charge >= 0.3 is 5.97 Å². The molecule has 0 bridgehead atoms. The number of carbonyl (C=O) groups excluding carboxylic acids is 2. The van der Waals surface area contributed by atoms with Gasteiger partial charge in [0.05, 0.1) is 25.4 Å². The van der Waals surface area contributed by atoms with Gasteiger partial charge in [-0.2, -0.15) is 0 Å². The summed E-state index contributed by atoms with van der Waals surface area (Å²) in [7, 11) is 0. The normalized spacial score (nSPS) is 12.7. The number of unbranched alkanes of at least 4 members (excludes halogenated alkanes) is 55. The molecule has 0 saturated heterocycles. The summed E-state index contributed by atoms with van der Waals surface area (Å²) in [5.41, 5.74) is 0. The minimum Gasteiger partial charge on any atom is -0.466 e. The predicted octanol–water partition coefficient (Wildman–Crippen LogP) is 24.3. The second-order valence-corrected chi connectivity index (χ2v) is 25.6. The average Bonchev–Trinajstić information content (AvgIpc) is 3.48. The minimum atomic E-state index is -0.846. The second-order valence-electron chi connectivity index (χ2n) is 25.6. The molecule has 0 aromatic rings. The van der Waals surface area contributed by atoms with E-state index in [9.17, 15) is 19.8 Å². The number of allylic oxidation sites excluding steroid dienone is 5. The van der Waals surface area contributed by atoms with Crippen molar-refractivity contribution in [3.8, 4) is 0 Å². The van der Waals surface area contributed by atoms with Crippen LogP contribution in [0, 0.1) is 0 Å². The third-order valence-electron chi connectivity index (χ3n) is 17.4. The molecule has 0 heterocycles. The molecule has 3 N–H and O–H groups in total. The fourth-order valence-electron chi connectivity index (χ4n) is 11.7. The van der Waals surface area contributed by atoms with Crippen molar-refractivity contribution in [3.05, 3.63) is 36.5 Å². The fourth-order valence-corrected chi connectivity index (χ4v) is 11.7. The summed E-state index contributed by atoms with van der Waals surface area (Å²) in [6, 6.07) is -0.629. The van der Waals surface area contributed by atoms with Gasteiger partial charge in [-0.25, -0.2) is 0 Å². The van der Waals surface area contributed by atoms with Crippen LogP contribution in [-0.2, 0) is 14.3 Å². The minimum absolute atomic E-state index is 0.0128. The Kier molecular flexibility index (Phi) is 69.9. The largest absolute Gasteiger partial charge is 0.466 e. The number of hydrogen-bond donors (Lipinski definition) is 3. The van der Waals surface area contributed by atoms with E-state index in [1.165, 1.54) is 340 Å². The maximum Gasteiger partial charge on any atom is 0.305 e. The molecule has 0 aliphatic rings. The summed E-state index contributed by atoms with van der Waals surface area (Å²) in [6.45, 7) is 4.94. The maximum absolute atomic E-state index is 12.5. The van der Waals surface area contributed by atoms with Gasteiger partial charge in [0, 0.05) is 12.8 Å². The Morgan fingerprint density at radius 1 is 0.329 bits per heavy atom. The highest BCUT2D eigenvalue weighted by atomic mass is 16.5. The number of esters is 1. The van der Waals surface area contributed by atoms with Crippen molar-refractivity contribution < 1.29 is 24.5 Å². The first-order chi connectivity index (χ1) is 40.5. The van der Waals surface area contributed by atoms with E-state index in [0.29, 0.717) is 19.4 Å². The van der Waals surface area contributed by atoms with Gasteiger partial charge in [-0.3, -0.25) is 9.59 Å². The number of aliphatic hydroxyl groups is 2. The molecule has 2 unspecified atom stereocenters. The van der Waals surface area contributed by atoms with Crippen LogP contribution in [0.1, 0.15) is 412 Å². The average molecular weight is 1150 g/mol. The quantitative estimate of drug-likeness (QED) is 0.0320. The molecule has 6 heteroatoms. The van der Waals surface area contributed by atoms with E-state index in [1.807, 2.05) is 6.08 Å². The van der Waals surface area contributed by atoms with E-state index >= 15 is 0 Å². The van der Waals surface area contributed by atoms with E-state index < -0.39 is 12.1 Å². The van der Waals surface area contributed by atoms with Crippen LogP contribution in [0.25, 0.3) is 0 Å². The maximum atomic E-state index is 12.5. The molecular weight excluding hydrogens is 1010 g/mol. The van der Waals surface area contributed by atoms with Crippen molar-refractivity contribution in [2.24, 2.45) is 0 Å². The number of amides is 1. The zero-order chi connectivity index (χ0) is 59.2. The highest BCUT2D eigenvalue weighted by Gasteiger charge is 2.18. The standard InChI is InChI=1S/C76H145NO5/c1-3-5-7-9-11-13-15-17-19-21-22-33-37-40-44-48-52-56-60-64-68-74(79)73(72-78)77-75(80)69-65-61-57-53-49-45-41-38-34-31-29-27-25-23-24-26-28-30-32-35-39-43-47-51-55-59-63-67-71-82-76(81)70-66-62-58-54-50-46-42-36-20-18-16-14-12-10-8-6-4-2/h18,20,23-24,64,68,73-74,78-79H,3-17,19,21-22,25-63,65-67,69-72H2,1-2H3,(H,77,80)/b20-18-,24-23-,68-64+. The molecule has 2 atom stereocenters. The number of ether oxygens (including phenoxy) is 1. The van der Waals surface area contributed by atoms with Crippen LogP contribution in [0.15, 0.2) is 36.5 Å². The Morgan fingerprint density at radius 2 is 0.573 bits per heavy atom. The van der Waals surface area contributed by atoms with Crippen molar-refractivity contribution >= 4 is 11.9 Å². The summed E-state index contributed by atoms with van der Waals surface area (Å²) < 4.78 is 5.50. The van der Waals surface area contributed by atoms with Gasteiger partial charge < -0.3 is 20.3 Å². The molecule has 0 aliphatic heterocycles. The molecule has 0 aliphatic carbocycles. The van der Waals surface area contributed by atoms with Gasteiger partial charge in [0.15, 0.2) is 0 Å². The summed E-state index contributed by atoms with van der Waals surface area (Å²) in [4.78, 5) is 24.6. The second kappa shape index (κ2) is 71.6. The lowest BCUT2D eigenvalue weighted by Crippen LogP contribution is -2.45. The first-order valence-electron chi connectivity index (χ1n) is 37.3. The van der Waals surface area contributed by atoms with Crippen molar-refractivity contribution in [2.75, 3.05) is 13.2 Å². The Hall–Kier alpha value is -1.92. The summed E-state index contributed by atoms with van der Waals surface area (Å²) >= 11 is 0. The van der Waals surface area contributed by atoms with Crippen molar-refractivity contribution in [1.82, 2.24) is 5.32 Å². The smallest absolute Gasteiger partial charge is 0.305 e. The molecule has 0 spiro atoms. The number of hydrogen-bond acceptors (Lipinski definition) is 5. The van der Waals surface area contributed by atoms with Gasteiger partial charge in [-0.05, 0) is 83.5 Å². The van der Waals surface area contributed by atoms with Crippen LogP contribution < -0.4 is 5.32 Å². The molecule has 0 radical (unpaired) electrons. The van der Waals surface area contributed by atoms with E-state index in [0.717, 1.165) is 44.9 Å². The van der Waals surface area contributed by atoms with Crippen LogP contribution in [0.4, 0.5) is 0 Å². The Morgan fingerprint density at radius 3 is 0.866 bits per heavy atom. The Labute approximate surface area is 513 Å². The molecule has 82 heavy (non-hydrogen) atoms. The van der Waals surface area contributed by atoms with E-state index in [4.69, 9.17) is 4.74 Å². The first-order valence-corrected chi connectivity index (χ1v) is 37.3. The van der Waals surface area contributed by atoms with Crippen LogP contribution in [0.2, 0.25) is 0 Å². The fraction of sp³-hybridized carbons (Fsp3) is 0.895. The van der Waals surface area contributed by atoms with Gasteiger partial charge in [-0.1, -0.05) is 352 Å². The summed E-state index contributed by atoms with van der Waals surface area (Å²) in [5.74, 6) is -0.0514. The first kappa shape index (κ1) is 80.1. The monoisotopic (exact) mass is 1150 g/mol. The Bertz CT molecular complexity index is 1330. The van der Waals surface area contributed by atoms with Crippen molar-refractivity contribution in [1.29, 1.82) is 0 Å². The van der Waals surface area contributed by atoms with Crippen molar-refractivity contribution in [3.63, 3.8) is 0 Å². The number of aliphatic hydroxyl groups excluding tert-OH is 2. The lowest BCUT2D eigenvalue weighted by atomic mass is 10.0. The molecule has 0 saturated carbocycles. The zero-order valence-electron chi connectivity index (χ0n) is 55.5. The molecule has 0 aromatic carbocycles. The van der Waals surface area contributed by atoms with E-state index in [1.54, 1.807) is 6.08 Å². The molecule has 6 nitrogen and oxygen atoms in total. The molecule has 0 fully saturated rings. The third kappa shape index (κ3) is 67.2. The number of nitrogens with one attached hydrogen (secondary N) is 1. The van der Waals surface area contributed by atoms with E-state index in [2.05, 4.69) is 43.5 Å². The van der Waals surface area contributed by atoms with Crippen LogP contribution in [-0.4, -0.2) is 47.4 Å². The molecule has 1 amide bonds. The third-order valence-corrected chi connectivity index (χ3v) is 17.4.